The van der Waals surface area contributed by atoms with Crippen LogP contribution < -0.4 is 16.0 Å². The predicted molar refractivity (Wildman–Crippen MR) is 104 cm³/mol. The SMILES string of the molecule is CC(C)CCNC(N)=NCc1ccc(N2CCCC2)nc1.I. The number of aromatic nitrogens is 1. The molecular formula is C16H28IN5. The van der Waals surface area contributed by atoms with Gasteiger partial charge in [0, 0.05) is 25.8 Å². The average Bonchev–Trinajstić information content (AvgIpc) is 2.99. The molecule has 0 aromatic carbocycles. The van der Waals surface area contributed by atoms with E-state index in [9.17, 15) is 0 Å². The molecule has 2 rings (SSSR count). The van der Waals surface area contributed by atoms with Gasteiger partial charge >= 0.3 is 0 Å². The highest BCUT2D eigenvalue weighted by molar-refractivity contribution is 14.0. The fourth-order valence-corrected chi connectivity index (χ4v) is 2.36. The Morgan fingerprint density at radius 3 is 2.68 bits per heavy atom. The van der Waals surface area contributed by atoms with Gasteiger partial charge in [-0.2, -0.15) is 0 Å². The first kappa shape index (κ1) is 19.0. The summed E-state index contributed by atoms with van der Waals surface area (Å²) in [7, 11) is 0. The molecule has 124 valence electrons. The third-order valence-corrected chi connectivity index (χ3v) is 3.70. The molecule has 6 heteroatoms. The van der Waals surface area contributed by atoms with Crippen molar-refractivity contribution in [2.24, 2.45) is 16.6 Å². The van der Waals surface area contributed by atoms with Crippen LogP contribution in [-0.4, -0.2) is 30.6 Å². The third-order valence-electron chi connectivity index (χ3n) is 3.70. The highest BCUT2D eigenvalue weighted by Gasteiger charge is 2.12. The normalized spacial score (nSPS) is 15.0. The van der Waals surface area contributed by atoms with E-state index in [0.29, 0.717) is 18.4 Å². The average molecular weight is 417 g/mol. The minimum absolute atomic E-state index is 0. The Morgan fingerprint density at radius 1 is 1.36 bits per heavy atom. The molecule has 1 aromatic heterocycles. The number of guanidine groups is 1. The van der Waals surface area contributed by atoms with E-state index in [-0.39, 0.29) is 24.0 Å². The van der Waals surface area contributed by atoms with Crippen molar-refractivity contribution >= 4 is 35.8 Å². The Labute approximate surface area is 150 Å². The summed E-state index contributed by atoms with van der Waals surface area (Å²) in [6, 6.07) is 4.17. The van der Waals surface area contributed by atoms with Gasteiger partial charge in [-0.15, -0.1) is 24.0 Å². The summed E-state index contributed by atoms with van der Waals surface area (Å²) in [6.07, 6.45) is 5.54. The van der Waals surface area contributed by atoms with Crippen molar-refractivity contribution in [2.75, 3.05) is 24.5 Å². The van der Waals surface area contributed by atoms with Crippen LogP contribution >= 0.6 is 24.0 Å². The van der Waals surface area contributed by atoms with Crippen molar-refractivity contribution in [3.8, 4) is 0 Å². The highest BCUT2D eigenvalue weighted by Crippen LogP contribution is 2.17. The Kier molecular flexibility index (Phi) is 8.52. The van der Waals surface area contributed by atoms with E-state index in [4.69, 9.17) is 5.73 Å². The fourth-order valence-electron chi connectivity index (χ4n) is 2.36. The van der Waals surface area contributed by atoms with Gasteiger partial charge in [-0.25, -0.2) is 9.98 Å². The first-order valence-corrected chi connectivity index (χ1v) is 7.89. The van der Waals surface area contributed by atoms with E-state index < -0.39 is 0 Å². The molecule has 1 fully saturated rings. The first-order chi connectivity index (χ1) is 10.1. The number of nitrogens with two attached hydrogens (primary N) is 1. The molecule has 1 aliphatic heterocycles. The monoisotopic (exact) mass is 417 g/mol. The second kappa shape index (κ2) is 9.86. The lowest BCUT2D eigenvalue weighted by Crippen LogP contribution is -2.32. The van der Waals surface area contributed by atoms with Crippen molar-refractivity contribution in [2.45, 2.75) is 39.7 Å². The van der Waals surface area contributed by atoms with E-state index in [0.717, 1.165) is 37.4 Å². The van der Waals surface area contributed by atoms with Crippen molar-refractivity contribution < 1.29 is 0 Å². The molecule has 0 aliphatic carbocycles. The molecule has 3 N–H and O–H groups in total. The van der Waals surface area contributed by atoms with Crippen LogP contribution in [0.1, 0.15) is 38.7 Å². The van der Waals surface area contributed by atoms with E-state index in [1.807, 2.05) is 6.20 Å². The van der Waals surface area contributed by atoms with Crippen molar-refractivity contribution in [1.29, 1.82) is 0 Å². The van der Waals surface area contributed by atoms with Gasteiger partial charge in [0.1, 0.15) is 5.82 Å². The van der Waals surface area contributed by atoms with Crippen LogP contribution in [0.15, 0.2) is 23.3 Å². The number of halogens is 1. The van der Waals surface area contributed by atoms with Gasteiger partial charge in [0.25, 0.3) is 0 Å². The number of nitrogens with one attached hydrogen (secondary N) is 1. The maximum atomic E-state index is 5.85. The highest BCUT2D eigenvalue weighted by atomic mass is 127. The molecule has 0 spiro atoms. The lowest BCUT2D eigenvalue weighted by Gasteiger charge is -2.16. The lowest BCUT2D eigenvalue weighted by molar-refractivity contribution is 0.576. The van der Waals surface area contributed by atoms with E-state index in [1.54, 1.807) is 0 Å². The fraction of sp³-hybridized carbons (Fsp3) is 0.625. The Balaban J connectivity index is 0.00000242. The molecule has 0 saturated carbocycles. The molecule has 0 radical (unpaired) electrons. The van der Waals surface area contributed by atoms with Crippen LogP contribution in [-0.2, 0) is 6.54 Å². The van der Waals surface area contributed by atoms with Crippen molar-refractivity contribution in [3.63, 3.8) is 0 Å². The number of anilines is 1. The first-order valence-electron chi connectivity index (χ1n) is 7.89. The number of hydrogen-bond acceptors (Lipinski definition) is 3. The second-order valence-electron chi connectivity index (χ2n) is 6.03. The molecule has 1 aliphatic rings. The van der Waals surface area contributed by atoms with Gasteiger partial charge in [-0.05, 0) is 36.8 Å². The van der Waals surface area contributed by atoms with Crippen LogP contribution in [0.3, 0.4) is 0 Å². The number of hydrogen-bond donors (Lipinski definition) is 2. The second-order valence-corrected chi connectivity index (χ2v) is 6.03. The van der Waals surface area contributed by atoms with Crippen LogP contribution in [0, 0.1) is 5.92 Å². The predicted octanol–water partition coefficient (Wildman–Crippen LogP) is 2.75. The Bertz CT molecular complexity index is 452. The molecule has 0 amide bonds. The Morgan fingerprint density at radius 2 is 2.09 bits per heavy atom. The smallest absolute Gasteiger partial charge is 0.188 e. The maximum Gasteiger partial charge on any atom is 0.188 e. The summed E-state index contributed by atoms with van der Waals surface area (Å²) in [6.45, 7) is 8.09. The van der Waals surface area contributed by atoms with Crippen LogP contribution in [0.5, 0.6) is 0 Å². The number of rotatable bonds is 6. The van der Waals surface area contributed by atoms with Gasteiger partial charge in [0.05, 0.1) is 6.54 Å². The Hall–Kier alpha value is -1.05. The molecule has 1 saturated heterocycles. The number of nitrogens with zero attached hydrogens (tertiary/aromatic N) is 3. The standard InChI is InChI=1S/C16H27N5.HI/c1-13(2)7-8-18-16(17)20-12-14-5-6-15(19-11-14)21-9-3-4-10-21;/h5-6,11,13H,3-4,7-10,12H2,1-2H3,(H3,17,18,20);1H. The summed E-state index contributed by atoms with van der Waals surface area (Å²) < 4.78 is 0. The van der Waals surface area contributed by atoms with Gasteiger partial charge in [-0.1, -0.05) is 19.9 Å². The van der Waals surface area contributed by atoms with Gasteiger partial charge in [0.15, 0.2) is 5.96 Å². The molecule has 5 nitrogen and oxygen atoms in total. The van der Waals surface area contributed by atoms with E-state index >= 15 is 0 Å². The van der Waals surface area contributed by atoms with Gasteiger partial charge < -0.3 is 16.0 Å². The minimum Gasteiger partial charge on any atom is -0.370 e. The summed E-state index contributed by atoms with van der Waals surface area (Å²) in [4.78, 5) is 11.2. The van der Waals surface area contributed by atoms with Gasteiger partial charge in [0.2, 0.25) is 0 Å². The zero-order valence-electron chi connectivity index (χ0n) is 13.6. The lowest BCUT2D eigenvalue weighted by atomic mass is 10.1. The molecule has 0 bridgehead atoms. The summed E-state index contributed by atoms with van der Waals surface area (Å²) in [5.41, 5.74) is 6.94. The summed E-state index contributed by atoms with van der Waals surface area (Å²) in [5.74, 6) is 2.26. The molecule has 1 aromatic rings. The van der Waals surface area contributed by atoms with E-state index in [2.05, 4.69) is 46.2 Å². The quantitative estimate of drug-likeness (QED) is 0.425. The van der Waals surface area contributed by atoms with E-state index in [1.165, 1.54) is 12.8 Å². The third kappa shape index (κ3) is 6.37. The number of aliphatic imine (C=N–C) groups is 1. The number of pyridine rings is 1. The van der Waals surface area contributed by atoms with Crippen LogP contribution in [0.4, 0.5) is 5.82 Å². The largest absolute Gasteiger partial charge is 0.370 e. The van der Waals surface area contributed by atoms with Gasteiger partial charge in [-0.3, -0.25) is 0 Å². The molecule has 2 heterocycles. The summed E-state index contributed by atoms with van der Waals surface area (Å²) >= 11 is 0. The summed E-state index contributed by atoms with van der Waals surface area (Å²) in [5, 5.41) is 3.14. The molecule has 0 unspecified atom stereocenters. The minimum atomic E-state index is 0. The molecule has 0 atom stereocenters. The van der Waals surface area contributed by atoms with Crippen LogP contribution in [0.2, 0.25) is 0 Å². The zero-order valence-corrected chi connectivity index (χ0v) is 15.9. The maximum absolute atomic E-state index is 5.85. The molecular weight excluding hydrogens is 389 g/mol. The zero-order chi connectivity index (χ0) is 15.1. The van der Waals surface area contributed by atoms with Crippen LogP contribution in [0.25, 0.3) is 0 Å². The van der Waals surface area contributed by atoms with Crippen molar-refractivity contribution in [3.05, 3.63) is 23.9 Å². The van der Waals surface area contributed by atoms with Crippen molar-refractivity contribution in [1.82, 2.24) is 10.3 Å². The molecule has 22 heavy (non-hydrogen) atoms. The topological polar surface area (TPSA) is 66.5 Å².